The normalized spacial score (nSPS) is 15.5. The zero-order chi connectivity index (χ0) is 11.1. The topological polar surface area (TPSA) is 75.3 Å². The first-order chi connectivity index (χ1) is 6.43. The van der Waals surface area contributed by atoms with Crippen molar-refractivity contribution in [2.45, 2.75) is 33.3 Å². The molecule has 0 aliphatic heterocycles. The van der Waals surface area contributed by atoms with Gasteiger partial charge in [0.05, 0.1) is 6.10 Å². The summed E-state index contributed by atoms with van der Waals surface area (Å²) in [4.78, 5) is 10.7. The zero-order valence-electron chi connectivity index (χ0n) is 9.29. The van der Waals surface area contributed by atoms with E-state index >= 15 is 0 Å². The number of aliphatic hydroxyl groups excluding tert-OH is 1. The molecule has 0 fully saturated rings. The number of aliphatic hydroxyl groups is 1. The first kappa shape index (κ1) is 13.4. The van der Waals surface area contributed by atoms with E-state index in [9.17, 15) is 9.90 Å². The summed E-state index contributed by atoms with van der Waals surface area (Å²) in [6.07, 6.45) is 0.438. The Labute approximate surface area is 85.9 Å². The van der Waals surface area contributed by atoms with Crippen molar-refractivity contribution >= 4 is 5.91 Å². The second-order valence-electron chi connectivity index (χ2n) is 4.25. The number of primary amides is 1. The van der Waals surface area contributed by atoms with E-state index in [1.54, 1.807) is 6.92 Å². The number of nitrogens with one attached hydrogen (secondary N) is 1. The summed E-state index contributed by atoms with van der Waals surface area (Å²) in [5.41, 5.74) is 5.09. The molecule has 84 valence electrons. The lowest BCUT2D eigenvalue weighted by Crippen LogP contribution is -2.35. The van der Waals surface area contributed by atoms with E-state index < -0.39 is 0 Å². The molecule has 0 aromatic rings. The van der Waals surface area contributed by atoms with Gasteiger partial charge in [0.25, 0.3) is 0 Å². The highest BCUT2D eigenvalue weighted by molar-refractivity contribution is 5.76. The maximum atomic E-state index is 10.7. The molecule has 14 heavy (non-hydrogen) atoms. The van der Waals surface area contributed by atoms with E-state index in [4.69, 9.17) is 5.73 Å². The van der Waals surface area contributed by atoms with Gasteiger partial charge in [0.2, 0.25) is 5.91 Å². The molecule has 0 spiro atoms. The van der Waals surface area contributed by atoms with Crippen molar-refractivity contribution in [3.05, 3.63) is 0 Å². The maximum Gasteiger partial charge on any atom is 0.221 e. The molecule has 0 saturated carbocycles. The highest BCUT2D eigenvalue weighted by Gasteiger charge is 2.10. The van der Waals surface area contributed by atoms with Gasteiger partial charge in [-0.2, -0.15) is 0 Å². The van der Waals surface area contributed by atoms with Crippen LogP contribution in [0.2, 0.25) is 0 Å². The van der Waals surface area contributed by atoms with E-state index in [1.807, 2.05) is 0 Å². The lowest BCUT2D eigenvalue weighted by Gasteiger charge is -2.15. The van der Waals surface area contributed by atoms with Crippen LogP contribution in [0.5, 0.6) is 0 Å². The Balaban J connectivity index is 3.48. The number of carbonyl (C=O) groups excluding carboxylic acids is 1. The fourth-order valence-electron chi connectivity index (χ4n) is 1.19. The molecule has 2 unspecified atom stereocenters. The molecule has 0 bridgehead atoms. The molecule has 4 nitrogen and oxygen atoms in total. The van der Waals surface area contributed by atoms with Crippen molar-refractivity contribution in [3.8, 4) is 0 Å². The summed E-state index contributed by atoms with van der Waals surface area (Å²) in [7, 11) is 0. The van der Waals surface area contributed by atoms with Crippen molar-refractivity contribution in [2.75, 3.05) is 13.1 Å². The summed E-state index contributed by atoms with van der Waals surface area (Å²) in [6.45, 7) is 6.95. The zero-order valence-corrected chi connectivity index (χ0v) is 9.29. The van der Waals surface area contributed by atoms with Gasteiger partial charge in [-0.1, -0.05) is 20.8 Å². The van der Waals surface area contributed by atoms with Crippen LogP contribution in [0.4, 0.5) is 0 Å². The van der Waals surface area contributed by atoms with Crippen LogP contribution in [0.3, 0.4) is 0 Å². The fraction of sp³-hybridized carbons (Fsp3) is 0.900. The third kappa shape index (κ3) is 6.86. The molecular weight excluding hydrogens is 180 g/mol. The average Bonchev–Trinajstić information content (AvgIpc) is 2.02. The molecular formula is C10H22N2O2. The van der Waals surface area contributed by atoms with Crippen molar-refractivity contribution in [1.82, 2.24) is 5.32 Å². The minimum atomic E-state index is -0.338. The Bertz CT molecular complexity index is 172. The molecule has 4 N–H and O–H groups in total. The fourth-order valence-corrected chi connectivity index (χ4v) is 1.19. The van der Waals surface area contributed by atoms with Crippen LogP contribution in [0.1, 0.15) is 27.2 Å². The SMILES string of the molecule is CC(C)CC(O)CNCC(C)C(N)=O. The second-order valence-corrected chi connectivity index (χ2v) is 4.25. The van der Waals surface area contributed by atoms with Gasteiger partial charge < -0.3 is 16.2 Å². The van der Waals surface area contributed by atoms with Crippen LogP contribution in [0, 0.1) is 11.8 Å². The molecule has 0 aliphatic carbocycles. The van der Waals surface area contributed by atoms with E-state index in [1.165, 1.54) is 0 Å². The van der Waals surface area contributed by atoms with Gasteiger partial charge in [-0.3, -0.25) is 4.79 Å². The Hall–Kier alpha value is -0.610. The Kier molecular flexibility index (Phi) is 6.49. The molecule has 0 radical (unpaired) electrons. The van der Waals surface area contributed by atoms with Crippen LogP contribution in [0.15, 0.2) is 0 Å². The molecule has 0 saturated heterocycles. The Morgan fingerprint density at radius 3 is 2.36 bits per heavy atom. The first-order valence-corrected chi connectivity index (χ1v) is 5.11. The van der Waals surface area contributed by atoms with Crippen LogP contribution in [-0.4, -0.2) is 30.2 Å². The lowest BCUT2D eigenvalue weighted by atomic mass is 10.1. The standard InChI is InChI=1S/C10H22N2O2/c1-7(2)4-9(13)6-12-5-8(3)10(11)14/h7-9,12-13H,4-6H2,1-3H3,(H2,11,14). The molecule has 0 aliphatic rings. The van der Waals surface area contributed by atoms with Crippen molar-refractivity contribution in [2.24, 2.45) is 17.6 Å². The van der Waals surface area contributed by atoms with Crippen molar-refractivity contribution in [3.63, 3.8) is 0 Å². The second kappa shape index (κ2) is 6.79. The van der Waals surface area contributed by atoms with Gasteiger partial charge >= 0.3 is 0 Å². The molecule has 0 aromatic heterocycles. The average molecular weight is 202 g/mol. The molecule has 0 rings (SSSR count). The monoisotopic (exact) mass is 202 g/mol. The third-order valence-electron chi connectivity index (χ3n) is 2.06. The highest BCUT2D eigenvalue weighted by atomic mass is 16.3. The van der Waals surface area contributed by atoms with Gasteiger partial charge in [-0.05, 0) is 12.3 Å². The Morgan fingerprint density at radius 1 is 1.36 bits per heavy atom. The van der Waals surface area contributed by atoms with Crippen LogP contribution in [0.25, 0.3) is 0 Å². The molecule has 4 heteroatoms. The molecule has 2 atom stereocenters. The number of hydrogen-bond acceptors (Lipinski definition) is 3. The van der Waals surface area contributed by atoms with E-state index in [0.29, 0.717) is 19.0 Å². The molecule has 1 amide bonds. The van der Waals surface area contributed by atoms with Gasteiger partial charge in [-0.25, -0.2) is 0 Å². The number of nitrogens with two attached hydrogens (primary N) is 1. The number of hydrogen-bond donors (Lipinski definition) is 3. The van der Waals surface area contributed by atoms with Gasteiger partial charge in [0.15, 0.2) is 0 Å². The van der Waals surface area contributed by atoms with E-state index in [-0.39, 0.29) is 17.9 Å². The Morgan fingerprint density at radius 2 is 1.93 bits per heavy atom. The smallest absolute Gasteiger partial charge is 0.221 e. The van der Waals surface area contributed by atoms with Crippen molar-refractivity contribution < 1.29 is 9.90 Å². The quantitative estimate of drug-likeness (QED) is 0.548. The highest BCUT2D eigenvalue weighted by Crippen LogP contribution is 2.03. The number of rotatable bonds is 7. The largest absolute Gasteiger partial charge is 0.392 e. The summed E-state index contributed by atoms with van der Waals surface area (Å²) in [5.74, 6) is -0.00235. The van der Waals surface area contributed by atoms with Gasteiger partial charge in [0.1, 0.15) is 0 Å². The minimum absolute atomic E-state index is 0.179. The molecule has 0 aromatic carbocycles. The summed E-state index contributed by atoms with van der Waals surface area (Å²) >= 11 is 0. The van der Waals surface area contributed by atoms with E-state index in [0.717, 1.165) is 6.42 Å². The van der Waals surface area contributed by atoms with Gasteiger partial charge in [0, 0.05) is 19.0 Å². The minimum Gasteiger partial charge on any atom is -0.392 e. The predicted octanol–water partition coefficient (Wildman–Crippen LogP) is 0.104. The first-order valence-electron chi connectivity index (χ1n) is 5.11. The number of carbonyl (C=O) groups is 1. The van der Waals surface area contributed by atoms with Crippen molar-refractivity contribution in [1.29, 1.82) is 0 Å². The maximum absolute atomic E-state index is 10.7. The summed E-state index contributed by atoms with van der Waals surface area (Å²) in [6, 6.07) is 0. The number of amides is 1. The van der Waals surface area contributed by atoms with E-state index in [2.05, 4.69) is 19.2 Å². The van der Waals surface area contributed by atoms with Crippen LogP contribution in [-0.2, 0) is 4.79 Å². The van der Waals surface area contributed by atoms with Gasteiger partial charge in [-0.15, -0.1) is 0 Å². The summed E-state index contributed by atoms with van der Waals surface area (Å²) in [5, 5.41) is 12.5. The van der Waals surface area contributed by atoms with Crippen LogP contribution < -0.4 is 11.1 Å². The predicted molar refractivity (Wildman–Crippen MR) is 56.7 cm³/mol. The lowest BCUT2D eigenvalue weighted by molar-refractivity contribution is -0.121. The molecule has 0 heterocycles. The van der Waals surface area contributed by atoms with Crippen LogP contribution >= 0.6 is 0 Å². The third-order valence-corrected chi connectivity index (χ3v) is 2.06. The summed E-state index contributed by atoms with van der Waals surface area (Å²) < 4.78 is 0.